The van der Waals surface area contributed by atoms with Crippen LogP contribution in [0.15, 0.2) is 57.2 Å². The number of hydrogen-bond donors (Lipinski definition) is 2. The Morgan fingerprint density at radius 2 is 1.17 bits per heavy atom. The number of aromatic nitrogens is 2. The van der Waals surface area contributed by atoms with Crippen LogP contribution in [-0.4, -0.2) is 33.5 Å². The molecular weight excluding hydrogens is 497 g/mol. The van der Waals surface area contributed by atoms with Crippen molar-refractivity contribution in [1.82, 2.24) is 10.2 Å². The fourth-order valence-electron chi connectivity index (χ4n) is 3.46. The van der Waals surface area contributed by atoms with Crippen molar-refractivity contribution >= 4 is 58.0 Å². The van der Waals surface area contributed by atoms with Crippen molar-refractivity contribution in [2.45, 2.75) is 61.1 Å². The van der Waals surface area contributed by atoms with E-state index in [1.54, 1.807) is 0 Å². The van der Waals surface area contributed by atoms with E-state index in [9.17, 15) is 9.59 Å². The van der Waals surface area contributed by atoms with Gasteiger partial charge in [-0.1, -0.05) is 99.0 Å². The molecule has 1 heterocycles. The molecule has 2 amide bonds. The van der Waals surface area contributed by atoms with Crippen LogP contribution >= 0.6 is 34.9 Å². The van der Waals surface area contributed by atoms with Crippen molar-refractivity contribution < 1.29 is 9.59 Å². The number of thioether (sulfide) groups is 2. The summed E-state index contributed by atoms with van der Waals surface area (Å²) in [5, 5.41) is 14.4. The minimum absolute atomic E-state index is 0.0745. The summed E-state index contributed by atoms with van der Waals surface area (Å²) in [5.74, 6) is 1.11. The predicted molar refractivity (Wildman–Crippen MR) is 149 cm³/mol. The molecule has 3 aromatic rings. The SMILES string of the molecule is CC[C@H](C)c1ccccc1NC(=O)CSc1nnc(SCC(=O)Nc2ccccc2[C@@H](C)CC)s1. The number of para-hydroxylation sites is 2. The van der Waals surface area contributed by atoms with Crippen LogP contribution in [0.5, 0.6) is 0 Å². The number of rotatable bonds is 12. The van der Waals surface area contributed by atoms with Gasteiger partial charge in [0.1, 0.15) is 0 Å². The number of anilines is 2. The topological polar surface area (TPSA) is 84.0 Å². The molecule has 0 bridgehead atoms. The first-order valence-corrected chi connectivity index (χ1v) is 14.6. The molecule has 6 nitrogen and oxygen atoms in total. The second-order valence-corrected chi connectivity index (χ2v) is 11.7. The van der Waals surface area contributed by atoms with E-state index in [2.05, 4.69) is 60.7 Å². The van der Waals surface area contributed by atoms with Crippen molar-refractivity contribution in [1.29, 1.82) is 0 Å². The van der Waals surface area contributed by atoms with E-state index in [1.807, 2.05) is 36.4 Å². The second-order valence-electron chi connectivity index (χ2n) is 8.30. The monoisotopic (exact) mass is 528 g/mol. The van der Waals surface area contributed by atoms with Crippen LogP contribution < -0.4 is 10.6 Å². The van der Waals surface area contributed by atoms with Gasteiger partial charge in [0.05, 0.1) is 11.5 Å². The first-order valence-electron chi connectivity index (χ1n) is 11.8. The molecule has 0 saturated heterocycles. The highest BCUT2D eigenvalue weighted by Crippen LogP contribution is 2.31. The quantitative estimate of drug-likeness (QED) is 0.246. The van der Waals surface area contributed by atoms with Gasteiger partial charge >= 0.3 is 0 Å². The van der Waals surface area contributed by atoms with E-state index in [4.69, 9.17) is 0 Å². The van der Waals surface area contributed by atoms with Crippen LogP contribution in [0.25, 0.3) is 0 Å². The Bertz CT molecular complexity index is 1050. The first-order chi connectivity index (χ1) is 16.9. The molecule has 0 aliphatic rings. The van der Waals surface area contributed by atoms with Crippen LogP contribution in [0.4, 0.5) is 11.4 Å². The van der Waals surface area contributed by atoms with Crippen molar-refractivity contribution in [2.24, 2.45) is 0 Å². The average Bonchev–Trinajstić information content (AvgIpc) is 3.34. The van der Waals surface area contributed by atoms with Crippen LogP contribution in [0.1, 0.15) is 63.5 Å². The highest BCUT2D eigenvalue weighted by molar-refractivity contribution is 8.03. The van der Waals surface area contributed by atoms with Gasteiger partial charge in [0.15, 0.2) is 8.68 Å². The van der Waals surface area contributed by atoms with Crippen molar-refractivity contribution in [3.8, 4) is 0 Å². The normalized spacial score (nSPS) is 12.7. The maximum Gasteiger partial charge on any atom is 0.234 e. The lowest BCUT2D eigenvalue weighted by molar-refractivity contribution is -0.114. The van der Waals surface area contributed by atoms with E-state index in [1.165, 1.54) is 34.9 Å². The summed E-state index contributed by atoms with van der Waals surface area (Å²) in [6.07, 6.45) is 2.02. The summed E-state index contributed by atoms with van der Waals surface area (Å²) >= 11 is 4.10. The average molecular weight is 529 g/mol. The van der Waals surface area contributed by atoms with Gasteiger partial charge in [0, 0.05) is 11.4 Å². The number of carbonyl (C=O) groups is 2. The smallest absolute Gasteiger partial charge is 0.234 e. The van der Waals surface area contributed by atoms with Crippen molar-refractivity contribution in [3.63, 3.8) is 0 Å². The fourth-order valence-corrected chi connectivity index (χ4v) is 6.08. The lowest BCUT2D eigenvalue weighted by atomic mass is 9.97. The predicted octanol–water partition coefficient (Wildman–Crippen LogP) is 7.03. The molecule has 35 heavy (non-hydrogen) atoms. The number of benzene rings is 2. The Labute approximate surface area is 220 Å². The fraction of sp³-hybridized carbons (Fsp3) is 0.385. The van der Waals surface area contributed by atoms with E-state index < -0.39 is 0 Å². The lowest BCUT2D eigenvalue weighted by Crippen LogP contribution is -2.15. The Morgan fingerprint density at radius 3 is 1.57 bits per heavy atom. The molecule has 2 N–H and O–H groups in total. The van der Waals surface area contributed by atoms with Gasteiger partial charge in [-0.3, -0.25) is 9.59 Å². The highest BCUT2D eigenvalue weighted by atomic mass is 32.2. The lowest BCUT2D eigenvalue weighted by Gasteiger charge is -2.15. The molecule has 0 unspecified atom stereocenters. The Balaban J connectivity index is 1.47. The zero-order valence-electron chi connectivity index (χ0n) is 20.5. The number of hydrogen-bond acceptors (Lipinski definition) is 7. The van der Waals surface area contributed by atoms with Gasteiger partial charge in [-0.25, -0.2) is 0 Å². The number of nitrogens with one attached hydrogen (secondary N) is 2. The maximum absolute atomic E-state index is 12.5. The van der Waals surface area contributed by atoms with E-state index in [0.29, 0.717) is 20.5 Å². The third kappa shape index (κ3) is 8.08. The molecule has 0 spiro atoms. The molecule has 9 heteroatoms. The second kappa shape index (κ2) is 13.7. The first kappa shape index (κ1) is 27.2. The van der Waals surface area contributed by atoms with Crippen LogP contribution in [0.3, 0.4) is 0 Å². The third-order valence-electron chi connectivity index (χ3n) is 5.80. The summed E-state index contributed by atoms with van der Waals surface area (Å²) < 4.78 is 1.42. The van der Waals surface area contributed by atoms with Gasteiger partial charge < -0.3 is 10.6 Å². The Hall–Kier alpha value is -2.36. The highest BCUT2D eigenvalue weighted by Gasteiger charge is 2.15. The van der Waals surface area contributed by atoms with Gasteiger partial charge in [-0.2, -0.15) is 0 Å². The number of nitrogens with zero attached hydrogens (tertiary/aromatic N) is 2. The maximum atomic E-state index is 12.5. The van der Waals surface area contributed by atoms with Crippen LogP contribution in [0, 0.1) is 0 Å². The molecule has 3 rings (SSSR count). The van der Waals surface area contributed by atoms with Crippen LogP contribution in [-0.2, 0) is 9.59 Å². The molecule has 186 valence electrons. The summed E-state index contributed by atoms with van der Waals surface area (Å²) in [4.78, 5) is 25.0. The summed E-state index contributed by atoms with van der Waals surface area (Å²) in [6.45, 7) is 8.59. The molecule has 0 aliphatic carbocycles. The number of amides is 2. The van der Waals surface area contributed by atoms with Gasteiger partial charge in [-0.15, -0.1) is 10.2 Å². The van der Waals surface area contributed by atoms with Gasteiger partial charge in [0.2, 0.25) is 11.8 Å². The molecule has 0 aliphatic heterocycles. The zero-order valence-corrected chi connectivity index (χ0v) is 23.0. The molecule has 0 fully saturated rings. The molecule has 0 saturated carbocycles. The van der Waals surface area contributed by atoms with E-state index >= 15 is 0 Å². The molecular formula is C26H32N4O2S3. The summed E-state index contributed by atoms with van der Waals surface area (Å²) in [6, 6.07) is 15.9. The molecule has 2 atom stereocenters. The van der Waals surface area contributed by atoms with Gasteiger partial charge in [-0.05, 0) is 47.9 Å². The minimum Gasteiger partial charge on any atom is -0.325 e. The largest absolute Gasteiger partial charge is 0.325 e. The Morgan fingerprint density at radius 1 is 0.771 bits per heavy atom. The summed E-state index contributed by atoms with van der Waals surface area (Å²) in [7, 11) is 0. The van der Waals surface area contributed by atoms with Crippen molar-refractivity contribution in [3.05, 3.63) is 59.7 Å². The number of carbonyl (C=O) groups excluding carboxylic acids is 2. The minimum atomic E-state index is -0.0745. The third-order valence-corrected chi connectivity index (χ3v) is 8.99. The van der Waals surface area contributed by atoms with E-state index in [0.717, 1.165) is 35.3 Å². The summed E-state index contributed by atoms with van der Waals surface area (Å²) in [5.41, 5.74) is 4.02. The van der Waals surface area contributed by atoms with Gasteiger partial charge in [0.25, 0.3) is 0 Å². The van der Waals surface area contributed by atoms with Crippen molar-refractivity contribution in [2.75, 3.05) is 22.1 Å². The molecule has 2 aromatic carbocycles. The standard InChI is InChI=1S/C26H32N4O2S3/c1-5-17(3)19-11-7-9-13-21(19)27-23(31)15-33-25-29-30-26(35-25)34-16-24(32)28-22-14-10-8-12-20(22)18(4)6-2/h7-14,17-18H,5-6,15-16H2,1-4H3,(H,27,31)(H,28,32)/t17-,18-/m0/s1. The van der Waals surface area contributed by atoms with E-state index in [-0.39, 0.29) is 23.3 Å². The molecule has 1 aromatic heterocycles. The van der Waals surface area contributed by atoms with Crippen LogP contribution in [0.2, 0.25) is 0 Å². The zero-order chi connectivity index (χ0) is 25.2. The molecule has 0 radical (unpaired) electrons. The Kier molecular flexibility index (Phi) is 10.6.